The molecule has 1 aliphatic heterocycles. The molecule has 20 heavy (non-hydrogen) atoms. The van der Waals surface area contributed by atoms with Crippen LogP contribution >= 0.6 is 0 Å². The van der Waals surface area contributed by atoms with Crippen LogP contribution < -0.4 is 14.8 Å². The molecule has 0 radical (unpaired) electrons. The molecule has 2 rings (SSSR count). The Morgan fingerprint density at radius 1 is 1.25 bits per heavy atom. The van der Waals surface area contributed by atoms with Crippen molar-refractivity contribution in [2.24, 2.45) is 5.92 Å². The molecule has 4 nitrogen and oxygen atoms in total. The molecule has 2 atom stereocenters. The normalized spacial score (nSPS) is 21.9. The Labute approximate surface area is 120 Å². The highest BCUT2D eigenvalue weighted by atomic mass is 16.5. The van der Waals surface area contributed by atoms with Crippen LogP contribution in [0.4, 0.5) is 0 Å². The van der Waals surface area contributed by atoms with Gasteiger partial charge in [-0.05, 0) is 30.0 Å². The number of nitrogens with one attached hydrogen (secondary N) is 1. The maximum Gasteiger partial charge on any atom is 0.220 e. The molecule has 1 N–H and O–H groups in total. The van der Waals surface area contributed by atoms with Crippen LogP contribution in [-0.2, 0) is 4.79 Å². The number of amides is 1. The number of hydrogen-bond donors (Lipinski definition) is 1. The second-order valence-electron chi connectivity index (χ2n) is 5.73. The van der Waals surface area contributed by atoms with E-state index in [2.05, 4.69) is 19.2 Å². The van der Waals surface area contributed by atoms with E-state index >= 15 is 0 Å². The average molecular weight is 277 g/mol. The summed E-state index contributed by atoms with van der Waals surface area (Å²) >= 11 is 0. The standard InChI is InChI=1S/C16H23NO3/c1-10(2)7-13-12(9-16(18)17-13)11-5-6-14(19-3)15(8-11)20-4/h5-6,8,10,12-13H,7,9H2,1-4H3,(H,17,18). The SMILES string of the molecule is COc1ccc(C2CC(=O)NC2CC(C)C)cc1OC. The fourth-order valence-electron chi connectivity index (χ4n) is 2.87. The van der Waals surface area contributed by atoms with E-state index < -0.39 is 0 Å². The Morgan fingerprint density at radius 2 is 1.95 bits per heavy atom. The number of benzene rings is 1. The zero-order chi connectivity index (χ0) is 14.7. The van der Waals surface area contributed by atoms with Crippen LogP contribution in [0.2, 0.25) is 0 Å². The van der Waals surface area contributed by atoms with E-state index in [0.717, 1.165) is 12.0 Å². The van der Waals surface area contributed by atoms with E-state index in [1.807, 2.05) is 18.2 Å². The summed E-state index contributed by atoms with van der Waals surface area (Å²) in [5.74, 6) is 2.34. The lowest BCUT2D eigenvalue weighted by Crippen LogP contribution is -2.29. The van der Waals surface area contributed by atoms with Gasteiger partial charge in [-0.3, -0.25) is 4.79 Å². The number of methoxy groups -OCH3 is 2. The molecular formula is C16H23NO3. The molecule has 1 fully saturated rings. The Kier molecular flexibility index (Phi) is 4.53. The van der Waals surface area contributed by atoms with Gasteiger partial charge in [0.05, 0.1) is 14.2 Å². The van der Waals surface area contributed by atoms with Crippen molar-refractivity contribution in [2.45, 2.75) is 38.6 Å². The number of rotatable bonds is 5. The first-order valence-electron chi connectivity index (χ1n) is 7.06. The zero-order valence-electron chi connectivity index (χ0n) is 12.6. The first-order chi connectivity index (χ1) is 9.55. The van der Waals surface area contributed by atoms with E-state index in [4.69, 9.17) is 9.47 Å². The molecule has 0 aromatic heterocycles. The second kappa shape index (κ2) is 6.16. The minimum atomic E-state index is 0.135. The third-order valence-corrected chi connectivity index (χ3v) is 3.80. The Hall–Kier alpha value is -1.71. The first-order valence-corrected chi connectivity index (χ1v) is 7.06. The monoisotopic (exact) mass is 277 g/mol. The quantitative estimate of drug-likeness (QED) is 0.900. The van der Waals surface area contributed by atoms with Crippen LogP contribution in [0, 0.1) is 5.92 Å². The average Bonchev–Trinajstić information content (AvgIpc) is 2.77. The van der Waals surface area contributed by atoms with Crippen molar-refractivity contribution in [1.82, 2.24) is 5.32 Å². The molecule has 1 saturated heterocycles. The smallest absolute Gasteiger partial charge is 0.220 e. The summed E-state index contributed by atoms with van der Waals surface area (Å²) in [6.07, 6.45) is 1.54. The Bertz CT molecular complexity index is 485. The summed E-state index contributed by atoms with van der Waals surface area (Å²) in [6.45, 7) is 4.35. The van der Waals surface area contributed by atoms with Crippen LogP contribution in [0.25, 0.3) is 0 Å². The van der Waals surface area contributed by atoms with Gasteiger partial charge in [-0.2, -0.15) is 0 Å². The third-order valence-electron chi connectivity index (χ3n) is 3.80. The predicted molar refractivity (Wildman–Crippen MR) is 78.3 cm³/mol. The van der Waals surface area contributed by atoms with Crippen molar-refractivity contribution in [2.75, 3.05) is 14.2 Å². The number of ether oxygens (including phenoxy) is 2. The van der Waals surface area contributed by atoms with Gasteiger partial charge < -0.3 is 14.8 Å². The van der Waals surface area contributed by atoms with Gasteiger partial charge in [0.2, 0.25) is 5.91 Å². The lowest BCUT2D eigenvalue weighted by molar-refractivity contribution is -0.119. The third kappa shape index (κ3) is 3.06. The van der Waals surface area contributed by atoms with Crippen LogP contribution in [-0.4, -0.2) is 26.2 Å². The number of carbonyl (C=O) groups excluding carboxylic acids is 1. The van der Waals surface area contributed by atoms with Crippen LogP contribution in [0.15, 0.2) is 18.2 Å². The second-order valence-corrected chi connectivity index (χ2v) is 5.73. The van der Waals surface area contributed by atoms with E-state index in [-0.39, 0.29) is 17.9 Å². The summed E-state index contributed by atoms with van der Waals surface area (Å²) in [6, 6.07) is 6.13. The van der Waals surface area contributed by atoms with Gasteiger partial charge >= 0.3 is 0 Å². The zero-order valence-corrected chi connectivity index (χ0v) is 12.6. The molecule has 1 aromatic carbocycles. The van der Waals surface area contributed by atoms with Crippen LogP contribution in [0.3, 0.4) is 0 Å². The van der Waals surface area contributed by atoms with E-state index in [0.29, 0.717) is 23.8 Å². The van der Waals surface area contributed by atoms with Crippen molar-refractivity contribution in [3.8, 4) is 11.5 Å². The van der Waals surface area contributed by atoms with Gasteiger partial charge in [0.15, 0.2) is 11.5 Å². The topological polar surface area (TPSA) is 47.6 Å². The molecule has 2 unspecified atom stereocenters. The van der Waals surface area contributed by atoms with Crippen molar-refractivity contribution >= 4 is 5.91 Å². The van der Waals surface area contributed by atoms with Gasteiger partial charge in [0.25, 0.3) is 0 Å². The highest BCUT2D eigenvalue weighted by Crippen LogP contribution is 2.36. The minimum absolute atomic E-state index is 0.135. The molecule has 1 heterocycles. The molecule has 4 heteroatoms. The highest BCUT2D eigenvalue weighted by molar-refractivity contribution is 5.80. The summed E-state index contributed by atoms with van der Waals surface area (Å²) in [5, 5.41) is 3.09. The summed E-state index contributed by atoms with van der Waals surface area (Å²) < 4.78 is 10.6. The highest BCUT2D eigenvalue weighted by Gasteiger charge is 2.34. The lowest BCUT2D eigenvalue weighted by atomic mass is 9.87. The Balaban J connectivity index is 2.26. The van der Waals surface area contributed by atoms with Gasteiger partial charge in [-0.15, -0.1) is 0 Å². The van der Waals surface area contributed by atoms with Gasteiger partial charge in [-0.1, -0.05) is 19.9 Å². The fraction of sp³-hybridized carbons (Fsp3) is 0.562. The molecule has 0 bridgehead atoms. The number of hydrogen-bond acceptors (Lipinski definition) is 3. The molecule has 0 spiro atoms. The summed E-state index contributed by atoms with van der Waals surface area (Å²) in [4.78, 5) is 11.7. The molecule has 1 aliphatic rings. The molecule has 1 amide bonds. The molecule has 0 saturated carbocycles. The first kappa shape index (κ1) is 14.7. The Morgan fingerprint density at radius 3 is 2.55 bits per heavy atom. The van der Waals surface area contributed by atoms with Crippen molar-refractivity contribution < 1.29 is 14.3 Å². The minimum Gasteiger partial charge on any atom is -0.493 e. The number of carbonyl (C=O) groups is 1. The van der Waals surface area contributed by atoms with E-state index in [1.54, 1.807) is 14.2 Å². The lowest BCUT2D eigenvalue weighted by Gasteiger charge is -2.21. The molecule has 0 aliphatic carbocycles. The van der Waals surface area contributed by atoms with Gasteiger partial charge in [0.1, 0.15) is 0 Å². The van der Waals surface area contributed by atoms with E-state index in [1.165, 1.54) is 0 Å². The predicted octanol–water partition coefficient (Wildman–Crippen LogP) is 2.72. The van der Waals surface area contributed by atoms with Gasteiger partial charge in [-0.25, -0.2) is 0 Å². The summed E-state index contributed by atoms with van der Waals surface area (Å²) in [5.41, 5.74) is 1.13. The van der Waals surface area contributed by atoms with E-state index in [9.17, 15) is 4.79 Å². The van der Waals surface area contributed by atoms with Crippen molar-refractivity contribution in [3.05, 3.63) is 23.8 Å². The van der Waals surface area contributed by atoms with Crippen molar-refractivity contribution in [3.63, 3.8) is 0 Å². The molecule has 110 valence electrons. The van der Waals surface area contributed by atoms with Crippen LogP contribution in [0.5, 0.6) is 11.5 Å². The van der Waals surface area contributed by atoms with Crippen LogP contribution in [0.1, 0.15) is 38.2 Å². The summed E-state index contributed by atoms with van der Waals surface area (Å²) in [7, 11) is 3.25. The van der Waals surface area contributed by atoms with Gasteiger partial charge in [0, 0.05) is 18.4 Å². The maximum absolute atomic E-state index is 11.7. The molecule has 1 aromatic rings. The van der Waals surface area contributed by atoms with Crippen molar-refractivity contribution in [1.29, 1.82) is 0 Å². The largest absolute Gasteiger partial charge is 0.493 e. The molecular weight excluding hydrogens is 254 g/mol. The fourth-order valence-corrected chi connectivity index (χ4v) is 2.87. The maximum atomic E-state index is 11.7.